The zero-order valence-electron chi connectivity index (χ0n) is 10.2. The minimum absolute atomic E-state index is 0.286. The number of aliphatic imine (C=N–C) groups is 1. The van der Waals surface area contributed by atoms with E-state index in [1.807, 2.05) is 12.1 Å². The molecule has 0 aliphatic carbocycles. The lowest BCUT2D eigenvalue weighted by molar-refractivity contribution is 0.449. The molecule has 18 heavy (non-hydrogen) atoms. The molecule has 0 bridgehead atoms. The number of rotatable bonds is 4. The molecule has 0 radical (unpaired) electrons. The van der Waals surface area contributed by atoms with E-state index in [4.69, 9.17) is 0 Å². The number of halogens is 1. The molecule has 0 spiro atoms. The Morgan fingerprint density at radius 2 is 2.22 bits per heavy atom. The first-order valence-corrected chi connectivity index (χ1v) is 6.33. The minimum atomic E-state index is -0.286. The van der Waals surface area contributed by atoms with Gasteiger partial charge >= 0.3 is 0 Å². The normalized spacial score (nSPS) is 14.8. The molecule has 1 aliphatic heterocycles. The van der Waals surface area contributed by atoms with E-state index in [1.165, 1.54) is 5.39 Å². The van der Waals surface area contributed by atoms with Crippen LogP contribution in [0.1, 0.15) is 12.1 Å². The highest BCUT2D eigenvalue weighted by molar-refractivity contribution is 6.02. The fourth-order valence-corrected chi connectivity index (χ4v) is 2.43. The molecule has 3 rings (SSSR count). The third-order valence-electron chi connectivity index (χ3n) is 3.24. The highest BCUT2D eigenvalue weighted by atomic mass is 19.1. The second kappa shape index (κ2) is 4.80. The maximum absolute atomic E-state index is 12.4. The van der Waals surface area contributed by atoms with Gasteiger partial charge in [-0.2, -0.15) is 0 Å². The molecule has 2 heterocycles. The number of aryl methyl sites for hydroxylation is 1. The van der Waals surface area contributed by atoms with Gasteiger partial charge in [0, 0.05) is 24.0 Å². The van der Waals surface area contributed by atoms with E-state index in [2.05, 4.69) is 33.1 Å². The third kappa shape index (κ3) is 1.88. The molecule has 1 N–H and O–H groups in total. The first-order valence-electron chi connectivity index (χ1n) is 6.33. The van der Waals surface area contributed by atoms with Crippen LogP contribution >= 0.6 is 0 Å². The van der Waals surface area contributed by atoms with Crippen LogP contribution in [0, 0.1) is 0 Å². The molecular weight excluding hydrogens is 229 g/mol. The van der Waals surface area contributed by atoms with Crippen molar-refractivity contribution in [3.05, 3.63) is 36.0 Å². The predicted molar refractivity (Wildman–Crippen MR) is 71.9 cm³/mol. The Hall–Kier alpha value is -1.84. The van der Waals surface area contributed by atoms with Crippen molar-refractivity contribution in [3.8, 4) is 0 Å². The number of hydrogen-bond acceptors (Lipinski definition) is 2. The van der Waals surface area contributed by atoms with Crippen molar-refractivity contribution in [2.75, 3.05) is 19.8 Å². The highest BCUT2D eigenvalue weighted by Crippen LogP contribution is 2.21. The summed E-state index contributed by atoms with van der Waals surface area (Å²) in [5.41, 5.74) is 2.22. The van der Waals surface area contributed by atoms with Gasteiger partial charge in [0.05, 0.1) is 18.9 Å². The van der Waals surface area contributed by atoms with Crippen LogP contribution in [0.5, 0.6) is 0 Å². The minimum Gasteiger partial charge on any atom is -0.367 e. The fraction of sp³-hybridized carbons (Fsp3) is 0.357. The lowest BCUT2D eigenvalue weighted by Gasteiger charge is -2.10. The second-order valence-corrected chi connectivity index (χ2v) is 4.44. The number of nitrogens with zero attached hydrogens (tertiary/aromatic N) is 2. The summed E-state index contributed by atoms with van der Waals surface area (Å²) in [5.74, 6) is 0.935. The van der Waals surface area contributed by atoms with Gasteiger partial charge < -0.3 is 9.88 Å². The van der Waals surface area contributed by atoms with E-state index >= 15 is 0 Å². The largest absolute Gasteiger partial charge is 0.367 e. The topological polar surface area (TPSA) is 29.3 Å². The Morgan fingerprint density at radius 3 is 3.00 bits per heavy atom. The van der Waals surface area contributed by atoms with Crippen molar-refractivity contribution in [2.24, 2.45) is 4.99 Å². The molecular formula is C14H16FN3. The molecule has 1 aliphatic rings. The van der Waals surface area contributed by atoms with Gasteiger partial charge in [0.1, 0.15) is 5.84 Å². The molecule has 0 atom stereocenters. The molecule has 2 aromatic rings. The molecule has 0 fully saturated rings. The zero-order valence-corrected chi connectivity index (χ0v) is 10.2. The zero-order chi connectivity index (χ0) is 12.4. The molecule has 1 aromatic carbocycles. The molecule has 3 nitrogen and oxygen atoms in total. The highest BCUT2D eigenvalue weighted by Gasteiger charge is 2.15. The Balaban J connectivity index is 2.10. The van der Waals surface area contributed by atoms with E-state index in [0.29, 0.717) is 13.0 Å². The van der Waals surface area contributed by atoms with Gasteiger partial charge in [-0.05, 0) is 18.6 Å². The van der Waals surface area contributed by atoms with Gasteiger partial charge in [-0.15, -0.1) is 0 Å². The third-order valence-corrected chi connectivity index (χ3v) is 3.24. The molecule has 0 unspecified atom stereocenters. The van der Waals surface area contributed by atoms with Crippen molar-refractivity contribution in [1.82, 2.24) is 9.88 Å². The molecule has 94 valence electrons. The second-order valence-electron chi connectivity index (χ2n) is 4.44. The Labute approximate surface area is 105 Å². The van der Waals surface area contributed by atoms with Crippen LogP contribution in [0.3, 0.4) is 0 Å². The average Bonchev–Trinajstić information content (AvgIpc) is 3.03. The Morgan fingerprint density at radius 1 is 1.33 bits per heavy atom. The van der Waals surface area contributed by atoms with Gasteiger partial charge in [-0.3, -0.25) is 9.38 Å². The summed E-state index contributed by atoms with van der Waals surface area (Å²) in [7, 11) is 0. The number of aromatic nitrogens is 1. The number of alkyl halides is 1. The number of para-hydroxylation sites is 1. The van der Waals surface area contributed by atoms with Crippen molar-refractivity contribution >= 4 is 16.7 Å². The average molecular weight is 245 g/mol. The van der Waals surface area contributed by atoms with E-state index in [1.54, 1.807) is 0 Å². The SMILES string of the molecule is FCCCn1c(C2=NCCN2)cc2ccccc21. The fourth-order valence-electron chi connectivity index (χ4n) is 2.43. The van der Waals surface area contributed by atoms with E-state index < -0.39 is 0 Å². The summed E-state index contributed by atoms with van der Waals surface area (Å²) < 4.78 is 14.6. The van der Waals surface area contributed by atoms with Crippen LogP contribution in [0.15, 0.2) is 35.3 Å². The summed E-state index contributed by atoms with van der Waals surface area (Å²) in [6.07, 6.45) is 0.541. The Bertz CT molecular complexity index is 586. The summed E-state index contributed by atoms with van der Waals surface area (Å²) in [6.45, 7) is 2.12. The first-order chi connectivity index (χ1) is 8.90. The van der Waals surface area contributed by atoms with Crippen LogP contribution in [0.2, 0.25) is 0 Å². The van der Waals surface area contributed by atoms with E-state index in [-0.39, 0.29) is 6.67 Å². The maximum atomic E-state index is 12.4. The number of benzene rings is 1. The van der Waals surface area contributed by atoms with Gasteiger partial charge in [0.2, 0.25) is 0 Å². The van der Waals surface area contributed by atoms with Crippen molar-refractivity contribution in [1.29, 1.82) is 0 Å². The van der Waals surface area contributed by atoms with Crippen molar-refractivity contribution in [3.63, 3.8) is 0 Å². The van der Waals surface area contributed by atoms with Gasteiger partial charge in [-0.1, -0.05) is 18.2 Å². The van der Waals surface area contributed by atoms with Gasteiger partial charge in [0.25, 0.3) is 0 Å². The smallest absolute Gasteiger partial charge is 0.145 e. The van der Waals surface area contributed by atoms with Crippen LogP contribution in [0.4, 0.5) is 4.39 Å². The molecule has 0 saturated carbocycles. The predicted octanol–water partition coefficient (Wildman–Crippen LogP) is 2.35. The summed E-state index contributed by atoms with van der Waals surface area (Å²) >= 11 is 0. The molecule has 4 heteroatoms. The molecule has 0 saturated heterocycles. The Kier molecular flexibility index (Phi) is 3.00. The van der Waals surface area contributed by atoms with Gasteiger partial charge in [-0.25, -0.2) is 0 Å². The quantitative estimate of drug-likeness (QED) is 0.880. The number of nitrogens with one attached hydrogen (secondary N) is 1. The molecule has 0 amide bonds. The number of fused-ring (bicyclic) bond motifs is 1. The monoisotopic (exact) mass is 245 g/mol. The number of hydrogen-bond donors (Lipinski definition) is 1. The standard InChI is InChI=1S/C14H16FN3/c15-6-3-9-18-12-5-2-1-4-11(12)10-13(18)14-16-7-8-17-14/h1-2,4-5,10H,3,6-9H2,(H,16,17). The summed E-state index contributed by atoms with van der Waals surface area (Å²) in [6, 6.07) is 10.3. The van der Waals surface area contributed by atoms with Crippen molar-refractivity contribution < 1.29 is 4.39 Å². The summed E-state index contributed by atoms with van der Waals surface area (Å²) in [5, 5.41) is 4.47. The van der Waals surface area contributed by atoms with Crippen LogP contribution in [-0.2, 0) is 6.54 Å². The van der Waals surface area contributed by atoms with Crippen molar-refractivity contribution in [2.45, 2.75) is 13.0 Å². The summed E-state index contributed by atoms with van der Waals surface area (Å²) in [4.78, 5) is 4.46. The maximum Gasteiger partial charge on any atom is 0.145 e. The van der Waals surface area contributed by atoms with Gasteiger partial charge in [0.15, 0.2) is 0 Å². The first kappa shape index (κ1) is 11.3. The molecule has 1 aromatic heterocycles. The van der Waals surface area contributed by atoms with Crippen LogP contribution < -0.4 is 5.32 Å². The lowest BCUT2D eigenvalue weighted by Crippen LogP contribution is -2.22. The number of amidine groups is 1. The van der Waals surface area contributed by atoms with Crippen LogP contribution in [0.25, 0.3) is 10.9 Å². The lowest BCUT2D eigenvalue weighted by atomic mass is 10.2. The van der Waals surface area contributed by atoms with Crippen LogP contribution in [-0.4, -0.2) is 30.2 Å². The van der Waals surface area contributed by atoms with E-state index in [0.717, 1.165) is 30.1 Å². The van der Waals surface area contributed by atoms with E-state index in [9.17, 15) is 4.39 Å².